The third-order valence-corrected chi connectivity index (χ3v) is 4.38. The van der Waals surface area contributed by atoms with Crippen LogP contribution >= 0.6 is 0 Å². The molecule has 1 aromatic heterocycles. The number of fused-ring (bicyclic) bond motifs is 1. The highest BCUT2D eigenvalue weighted by molar-refractivity contribution is 5.89. The fourth-order valence-corrected chi connectivity index (χ4v) is 3.22. The van der Waals surface area contributed by atoms with Crippen LogP contribution in [0.5, 0.6) is 0 Å². The predicted octanol–water partition coefficient (Wildman–Crippen LogP) is 2.10. The first-order chi connectivity index (χ1) is 9.72. The average Bonchev–Trinajstić information content (AvgIpc) is 3.07. The highest BCUT2D eigenvalue weighted by Crippen LogP contribution is 2.28. The third kappa shape index (κ3) is 2.43. The first kappa shape index (κ1) is 13.2. The molecule has 1 amide bonds. The molecule has 20 heavy (non-hydrogen) atoms. The molecule has 0 aliphatic heterocycles. The van der Waals surface area contributed by atoms with Gasteiger partial charge >= 0.3 is 0 Å². The number of H-pyrrole nitrogens is 1. The van der Waals surface area contributed by atoms with Crippen LogP contribution in [0.1, 0.15) is 31.2 Å². The van der Waals surface area contributed by atoms with E-state index in [4.69, 9.17) is 5.73 Å². The molecule has 1 fully saturated rings. The molecule has 4 heteroatoms. The number of nitrogens with one attached hydrogen (secondary N) is 2. The lowest BCUT2D eigenvalue weighted by Crippen LogP contribution is -2.52. The Kier molecular flexibility index (Phi) is 3.49. The minimum Gasteiger partial charge on any atom is -0.361 e. The van der Waals surface area contributed by atoms with Crippen molar-refractivity contribution in [3.63, 3.8) is 0 Å². The smallest absolute Gasteiger partial charge is 0.224 e. The fourth-order valence-electron chi connectivity index (χ4n) is 3.22. The molecule has 0 unspecified atom stereocenters. The number of benzene rings is 1. The number of amides is 1. The zero-order valence-electron chi connectivity index (χ0n) is 11.6. The molecule has 1 saturated carbocycles. The standard InChI is InChI=1S/C16H21N3O/c17-11-16(7-3-4-8-16)19-15(20)9-12-10-18-14-6-2-1-5-13(12)14/h1-2,5-6,10,18H,3-4,7-9,11,17H2,(H,19,20). The summed E-state index contributed by atoms with van der Waals surface area (Å²) in [6.45, 7) is 0.534. The monoisotopic (exact) mass is 271 g/mol. The van der Waals surface area contributed by atoms with Gasteiger partial charge in [0.05, 0.1) is 12.0 Å². The van der Waals surface area contributed by atoms with Crippen LogP contribution in [0.3, 0.4) is 0 Å². The maximum atomic E-state index is 12.3. The van der Waals surface area contributed by atoms with Crippen molar-refractivity contribution in [1.29, 1.82) is 0 Å². The Balaban J connectivity index is 1.73. The number of nitrogens with two attached hydrogens (primary N) is 1. The van der Waals surface area contributed by atoms with E-state index in [1.54, 1.807) is 0 Å². The number of hydrogen-bond donors (Lipinski definition) is 3. The summed E-state index contributed by atoms with van der Waals surface area (Å²) in [5.74, 6) is 0.0714. The van der Waals surface area contributed by atoms with Crippen molar-refractivity contribution in [2.24, 2.45) is 5.73 Å². The fraction of sp³-hybridized carbons (Fsp3) is 0.438. The molecule has 4 nitrogen and oxygen atoms in total. The first-order valence-corrected chi connectivity index (χ1v) is 7.28. The molecule has 1 aliphatic rings. The van der Waals surface area contributed by atoms with Gasteiger partial charge in [0.25, 0.3) is 0 Å². The lowest BCUT2D eigenvalue weighted by atomic mass is 9.97. The molecule has 4 N–H and O–H groups in total. The summed E-state index contributed by atoms with van der Waals surface area (Å²) in [4.78, 5) is 15.5. The van der Waals surface area contributed by atoms with Crippen molar-refractivity contribution in [3.8, 4) is 0 Å². The molecular weight excluding hydrogens is 250 g/mol. The molecule has 2 aromatic rings. The third-order valence-electron chi connectivity index (χ3n) is 4.38. The summed E-state index contributed by atoms with van der Waals surface area (Å²) < 4.78 is 0. The molecule has 1 heterocycles. The van der Waals surface area contributed by atoms with Crippen molar-refractivity contribution in [2.45, 2.75) is 37.6 Å². The summed E-state index contributed by atoms with van der Waals surface area (Å²) >= 11 is 0. The van der Waals surface area contributed by atoms with Crippen LogP contribution in [0.2, 0.25) is 0 Å². The normalized spacial score (nSPS) is 17.4. The Labute approximate surface area is 118 Å². The largest absolute Gasteiger partial charge is 0.361 e. The van der Waals surface area contributed by atoms with Gasteiger partial charge in [-0.2, -0.15) is 0 Å². The highest BCUT2D eigenvalue weighted by atomic mass is 16.1. The number of para-hydroxylation sites is 1. The van der Waals surface area contributed by atoms with Gasteiger partial charge in [0, 0.05) is 23.6 Å². The van der Waals surface area contributed by atoms with E-state index in [2.05, 4.69) is 10.3 Å². The van der Waals surface area contributed by atoms with Crippen LogP contribution in [0.15, 0.2) is 30.5 Å². The SMILES string of the molecule is NCC1(NC(=O)Cc2c[nH]c3ccccc23)CCCC1. The molecule has 106 valence electrons. The van der Waals surface area contributed by atoms with Gasteiger partial charge in [0.1, 0.15) is 0 Å². The van der Waals surface area contributed by atoms with E-state index in [1.165, 1.54) is 0 Å². The average molecular weight is 271 g/mol. The van der Waals surface area contributed by atoms with Crippen LogP contribution in [-0.4, -0.2) is 23.0 Å². The van der Waals surface area contributed by atoms with Gasteiger partial charge in [-0.15, -0.1) is 0 Å². The maximum Gasteiger partial charge on any atom is 0.224 e. The van der Waals surface area contributed by atoms with Gasteiger partial charge in [-0.05, 0) is 24.5 Å². The van der Waals surface area contributed by atoms with Gasteiger partial charge < -0.3 is 16.0 Å². The second kappa shape index (κ2) is 5.29. The maximum absolute atomic E-state index is 12.3. The molecule has 0 atom stereocenters. The molecule has 0 bridgehead atoms. The van der Waals surface area contributed by atoms with Crippen LogP contribution in [0, 0.1) is 0 Å². The van der Waals surface area contributed by atoms with Gasteiger partial charge in [0.15, 0.2) is 0 Å². The highest BCUT2D eigenvalue weighted by Gasteiger charge is 2.33. The van der Waals surface area contributed by atoms with E-state index in [0.717, 1.165) is 42.1 Å². The van der Waals surface area contributed by atoms with E-state index in [1.807, 2.05) is 30.5 Å². The van der Waals surface area contributed by atoms with Crippen LogP contribution in [0.25, 0.3) is 10.9 Å². The number of aromatic nitrogens is 1. The molecule has 0 spiro atoms. The Morgan fingerprint density at radius 2 is 2.05 bits per heavy atom. The Bertz CT molecular complexity index is 611. The summed E-state index contributed by atoms with van der Waals surface area (Å²) in [5, 5.41) is 4.29. The molecule has 0 radical (unpaired) electrons. The van der Waals surface area contributed by atoms with Crippen LogP contribution < -0.4 is 11.1 Å². The van der Waals surface area contributed by atoms with Crippen LogP contribution in [-0.2, 0) is 11.2 Å². The second-order valence-electron chi connectivity index (χ2n) is 5.78. The second-order valence-corrected chi connectivity index (χ2v) is 5.78. The number of hydrogen-bond acceptors (Lipinski definition) is 2. The van der Waals surface area contributed by atoms with Gasteiger partial charge in [0.2, 0.25) is 5.91 Å². The van der Waals surface area contributed by atoms with Crippen molar-refractivity contribution in [3.05, 3.63) is 36.0 Å². The molecular formula is C16H21N3O. The van der Waals surface area contributed by atoms with E-state index in [-0.39, 0.29) is 11.4 Å². The minimum absolute atomic E-state index is 0.0714. The zero-order valence-corrected chi connectivity index (χ0v) is 11.6. The van der Waals surface area contributed by atoms with Crippen LogP contribution in [0.4, 0.5) is 0 Å². The van der Waals surface area contributed by atoms with Crippen molar-refractivity contribution >= 4 is 16.8 Å². The quantitative estimate of drug-likeness (QED) is 0.797. The summed E-state index contributed by atoms with van der Waals surface area (Å²) in [7, 11) is 0. The van der Waals surface area contributed by atoms with E-state index in [9.17, 15) is 4.79 Å². The van der Waals surface area contributed by atoms with E-state index >= 15 is 0 Å². The number of carbonyl (C=O) groups excluding carboxylic acids is 1. The van der Waals surface area contributed by atoms with Crippen molar-refractivity contribution in [2.75, 3.05) is 6.54 Å². The number of aromatic amines is 1. The molecule has 1 aliphatic carbocycles. The lowest BCUT2D eigenvalue weighted by Gasteiger charge is -2.28. The molecule has 0 saturated heterocycles. The van der Waals surface area contributed by atoms with Crippen molar-refractivity contribution < 1.29 is 4.79 Å². The lowest BCUT2D eigenvalue weighted by molar-refractivity contribution is -0.122. The van der Waals surface area contributed by atoms with Gasteiger partial charge in [-0.25, -0.2) is 0 Å². The molecule has 3 rings (SSSR count). The Morgan fingerprint density at radius 3 is 2.80 bits per heavy atom. The first-order valence-electron chi connectivity index (χ1n) is 7.28. The van der Waals surface area contributed by atoms with E-state index in [0.29, 0.717) is 13.0 Å². The van der Waals surface area contributed by atoms with E-state index < -0.39 is 0 Å². The number of carbonyl (C=O) groups is 1. The Morgan fingerprint density at radius 1 is 1.30 bits per heavy atom. The summed E-state index contributed by atoms with van der Waals surface area (Å²) in [5.41, 5.74) is 7.82. The van der Waals surface area contributed by atoms with Gasteiger partial charge in [-0.3, -0.25) is 4.79 Å². The zero-order chi connectivity index (χ0) is 14.0. The number of rotatable bonds is 4. The topological polar surface area (TPSA) is 70.9 Å². The summed E-state index contributed by atoms with van der Waals surface area (Å²) in [6.07, 6.45) is 6.65. The minimum atomic E-state index is -0.163. The summed E-state index contributed by atoms with van der Waals surface area (Å²) in [6, 6.07) is 8.05. The van der Waals surface area contributed by atoms with Gasteiger partial charge in [-0.1, -0.05) is 31.0 Å². The van der Waals surface area contributed by atoms with Crippen molar-refractivity contribution in [1.82, 2.24) is 10.3 Å². The Hall–Kier alpha value is -1.81. The predicted molar refractivity (Wildman–Crippen MR) is 80.4 cm³/mol. The molecule has 1 aromatic carbocycles.